The Morgan fingerprint density at radius 1 is 1.17 bits per heavy atom. The standard InChI is InChI=1S/C14H16ClN3/c15-13-7-6-11(14-16-9-17-18-14)8-12(13)10-4-2-1-3-5-10/h6-10H,1-5H2,(H,16,17,18). The Labute approximate surface area is 112 Å². The quantitative estimate of drug-likeness (QED) is 0.881. The van der Waals surface area contributed by atoms with E-state index < -0.39 is 0 Å². The van der Waals surface area contributed by atoms with Gasteiger partial charge in [0.15, 0.2) is 5.82 Å². The third-order valence-electron chi connectivity index (χ3n) is 3.73. The molecule has 3 rings (SSSR count). The normalized spacial score (nSPS) is 16.9. The Bertz CT molecular complexity index is 516. The van der Waals surface area contributed by atoms with Crippen molar-refractivity contribution in [1.29, 1.82) is 0 Å². The van der Waals surface area contributed by atoms with Gasteiger partial charge in [-0.15, -0.1) is 0 Å². The lowest BCUT2D eigenvalue weighted by Gasteiger charge is -2.23. The average Bonchev–Trinajstić information content (AvgIpc) is 2.94. The van der Waals surface area contributed by atoms with Gasteiger partial charge in [-0.1, -0.05) is 30.9 Å². The number of hydrogen-bond donors (Lipinski definition) is 1. The van der Waals surface area contributed by atoms with E-state index in [1.807, 2.05) is 12.1 Å². The first-order valence-corrected chi connectivity index (χ1v) is 6.87. The maximum absolute atomic E-state index is 6.34. The zero-order valence-corrected chi connectivity index (χ0v) is 11.0. The Morgan fingerprint density at radius 2 is 2.00 bits per heavy atom. The fraction of sp³-hybridized carbons (Fsp3) is 0.429. The minimum Gasteiger partial charge on any atom is -0.259 e. The smallest absolute Gasteiger partial charge is 0.155 e. The van der Waals surface area contributed by atoms with Crippen LogP contribution in [0.25, 0.3) is 11.4 Å². The maximum atomic E-state index is 6.34. The molecule has 1 aliphatic rings. The minimum atomic E-state index is 0.606. The molecule has 1 aromatic carbocycles. The van der Waals surface area contributed by atoms with Crippen molar-refractivity contribution in [2.24, 2.45) is 0 Å². The first-order valence-electron chi connectivity index (χ1n) is 6.50. The molecular weight excluding hydrogens is 246 g/mol. The summed E-state index contributed by atoms with van der Waals surface area (Å²) in [6.45, 7) is 0. The third kappa shape index (κ3) is 2.27. The lowest BCUT2D eigenvalue weighted by molar-refractivity contribution is 0.444. The van der Waals surface area contributed by atoms with E-state index in [9.17, 15) is 0 Å². The van der Waals surface area contributed by atoms with Gasteiger partial charge >= 0.3 is 0 Å². The number of hydrogen-bond acceptors (Lipinski definition) is 2. The molecule has 3 nitrogen and oxygen atoms in total. The molecule has 1 heterocycles. The predicted molar refractivity (Wildman–Crippen MR) is 72.7 cm³/mol. The number of aromatic nitrogens is 3. The van der Waals surface area contributed by atoms with Gasteiger partial charge in [0, 0.05) is 10.6 Å². The third-order valence-corrected chi connectivity index (χ3v) is 4.07. The lowest BCUT2D eigenvalue weighted by atomic mass is 9.83. The molecule has 1 aromatic heterocycles. The number of nitrogens with zero attached hydrogens (tertiary/aromatic N) is 2. The van der Waals surface area contributed by atoms with E-state index in [1.54, 1.807) is 0 Å². The molecule has 0 unspecified atom stereocenters. The number of rotatable bonds is 2. The summed E-state index contributed by atoms with van der Waals surface area (Å²) in [4.78, 5) is 4.19. The Balaban J connectivity index is 1.95. The summed E-state index contributed by atoms with van der Waals surface area (Å²) in [6.07, 6.45) is 8.01. The van der Waals surface area contributed by atoms with Crippen LogP contribution in [0, 0.1) is 0 Å². The van der Waals surface area contributed by atoms with Crippen molar-refractivity contribution in [3.05, 3.63) is 35.1 Å². The second-order valence-electron chi connectivity index (χ2n) is 4.91. The molecular formula is C14H16ClN3. The monoisotopic (exact) mass is 261 g/mol. The summed E-state index contributed by atoms with van der Waals surface area (Å²) in [6, 6.07) is 6.14. The highest BCUT2D eigenvalue weighted by Gasteiger charge is 2.18. The Kier molecular flexibility index (Phi) is 3.33. The van der Waals surface area contributed by atoms with Crippen LogP contribution in [0.1, 0.15) is 43.6 Å². The zero-order chi connectivity index (χ0) is 12.4. The summed E-state index contributed by atoms with van der Waals surface area (Å²) in [5.74, 6) is 1.41. The van der Waals surface area contributed by atoms with Gasteiger partial charge in [-0.05, 0) is 42.5 Å². The van der Waals surface area contributed by atoms with Gasteiger partial charge in [0.2, 0.25) is 0 Å². The largest absolute Gasteiger partial charge is 0.259 e. The van der Waals surface area contributed by atoms with Crippen LogP contribution in [0.5, 0.6) is 0 Å². The molecule has 0 radical (unpaired) electrons. The van der Waals surface area contributed by atoms with Crippen molar-refractivity contribution in [3.63, 3.8) is 0 Å². The molecule has 0 aliphatic heterocycles. The summed E-state index contributed by atoms with van der Waals surface area (Å²) in [7, 11) is 0. The van der Waals surface area contributed by atoms with Crippen molar-refractivity contribution in [1.82, 2.24) is 15.2 Å². The van der Waals surface area contributed by atoms with Gasteiger partial charge in [-0.3, -0.25) is 5.10 Å². The number of benzene rings is 1. The van der Waals surface area contributed by atoms with Crippen LogP contribution < -0.4 is 0 Å². The predicted octanol–water partition coefficient (Wildman–Crippen LogP) is 4.17. The van der Waals surface area contributed by atoms with Gasteiger partial charge in [0.05, 0.1) is 0 Å². The van der Waals surface area contributed by atoms with Crippen molar-refractivity contribution in [3.8, 4) is 11.4 Å². The summed E-state index contributed by atoms with van der Waals surface area (Å²) < 4.78 is 0. The summed E-state index contributed by atoms with van der Waals surface area (Å²) in [5, 5.41) is 7.67. The van der Waals surface area contributed by atoms with Gasteiger partial charge in [0.25, 0.3) is 0 Å². The zero-order valence-electron chi connectivity index (χ0n) is 10.2. The second-order valence-corrected chi connectivity index (χ2v) is 5.31. The summed E-state index contributed by atoms with van der Waals surface area (Å²) >= 11 is 6.34. The van der Waals surface area contributed by atoms with E-state index in [-0.39, 0.29) is 0 Å². The van der Waals surface area contributed by atoms with Crippen LogP contribution in [-0.4, -0.2) is 15.2 Å². The molecule has 1 aliphatic carbocycles. The van der Waals surface area contributed by atoms with Gasteiger partial charge in [-0.25, -0.2) is 4.98 Å². The Hall–Kier alpha value is -1.35. The van der Waals surface area contributed by atoms with E-state index in [4.69, 9.17) is 11.6 Å². The maximum Gasteiger partial charge on any atom is 0.155 e. The number of nitrogens with one attached hydrogen (secondary N) is 1. The molecule has 2 aromatic rings. The molecule has 94 valence electrons. The van der Waals surface area contributed by atoms with Crippen LogP contribution in [0.4, 0.5) is 0 Å². The van der Waals surface area contributed by atoms with Crippen molar-refractivity contribution in [2.75, 3.05) is 0 Å². The molecule has 4 heteroatoms. The molecule has 0 spiro atoms. The average molecular weight is 262 g/mol. The molecule has 0 bridgehead atoms. The molecule has 1 saturated carbocycles. The minimum absolute atomic E-state index is 0.606. The van der Waals surface area contributed by atoms with Crippen LogP contribution in [-0.2, 0) is 0 Å². The fourth-order valence-electron chi connectivity index (χ4n) is 2.76. The molecule has 1 fully saturated rings. The van der Waals surface area contributed by atoms with Crippen molar-refractivity contribution >= 4 is 11.6 Å². The number of halogens is 1. The fourth-order valence-corrected chi connectivity index (χ4v) is 3.03. The van der Waals surface area contributed by atoms with Gasteiger partial charge in [-0.2, -0.15) is 5.10 Å². The van der Waals surface area contributed by atoms with Crippen LogP contribution in [0.3, 0.4) is 0 Å². The second kappa shape index (κ2) is 5.11. The van der Waals surface area contributed by atoms with Crippen molar-refractivity contribution < 1.29 is 0 Å². The first kappa shape index (κ1) is 11.7. The SMILES string of the molecule is Clc1ccc(-c2ncn[nH]2)cc1C1CCCCC1. The molecule has 0 amide bonds. The van der Waals surface area contributed by atoms with Gasteiger partial charge in [0.1, 0.15) is 6.33 Å². The number of aromatic amines is 1. The van der Waals surface area contributed by atoms with Gasteiger partial charge < -0.3 is 0 Å². The van der Waals surface area contributed by atoms with Crippen molar-refractivity contribution in [2.45, 2.75) is 38.0 Å². The van der Waals surface area contributed by atoms with E-state index >= 15 is 0 Å². The highest BCUT2D eigenvalue weighted by Crippen LogP contribution is 2.37. The van der Waals surface area contributed by atoms with Crippen LogP contribution >= 0.6 is 11.6 Å². The molecule has 1 N–H and O–H groups in total. The van der Waals surface area contributed by atoms with E-state index in [2.05, 4.69) is 21.2 Å². The highest BCUT2D eigenvalue weighted by atomic mass is 35.5. The van der Waals surface area contributed by atoms with Crippen LogP contribution in [0.2, 0.25) is 5.02 Å². The first-order chi connectivity index (χ1) is 8.84. The Morgan fingerprint density at radius 3 is 2.72 bits per heavy atom. The van der Waals surface area contributed by atoms with E-state index in [1.165, 1.54) is 44.0 Å². The lowest BCUT2D eigenvalue weighted by Crippen LogP contribution is -2.05. The molecule has 0 atom stereocenters. The van der Waals surface area contributed by atoms with E-state index in [0.29, 0.717) is 5.92 Å². The highest BCUT2D eigenvalue weighted by molar-refractivity contribution is 6.31. The van der Waals surface area contributed by atoms with Crippen LogP contribution in [0.15, 0.2) is 24.5 Å². The topological polar surface area (TPSA) is 41.6 Å². The number of H-pyrrole nitrogens is 1. The van der Waals surface area contributed by atoms with E-state index in [0.717, 1.165) is 16.4 Å². The molecule has 18 heavy (non-hydrogen) atoms. The molecule has 0 saturated heterocycles. The summed E-state index contributed by atoms with van der Waals surface area (Å²) in [5.41, 5.74) is 2.34.